The quantitative estimate of drug-likeness (QED) is 0.854. The van der Waals surface area contributed by atoms with E-state index >= 15 is 0 Å². The summed E-state index contributed by atoms with van der Waals surface area (Å²) in [7, 11) is 1.90. The summed E-state index contributed by atoms with van der Waals surface area (Å²) in [6.07, 6.45) is -3.84. The molecular weight excluding hydrogens is 267 g/mol. The number of ether oxygens (including phenoxy) is 1. The van der Waals surface area contributed by atoms with E-state index in [0.717, 1.165) is 18.5 Å². The Labute approximate surface area is 118 Å². The summed E-state index contributed by atoms with van der Waals surface area (Å²) >= 11 is 0. The zero-order valence-electron chi connectivity index (χ0n) is 12.3. The average Bonchev–Trinajstić information content (AvgIpc) is 2.30. The molecular formula is C15H22F3NO. The topological polar surface area (TPSA) is 21.3 Å². The van der Waals surface area contributed by atoms with Gasteiger partial charge in [0.15, 0.2) is 0 Å². The first-order chi connectivity index (χ1) is 9.16. The van der Waals surface area contributed by atoms with Gasteiger partial charge in [-0.25, -0.2) is 0 Å². The summed E-state index contributed by atoms with van der Waals surface area (Å²) in [6.45, 7) is 7.33. The molecule has 0 spiro atoms. The van der Waals surface area contributed by atoms with E-state index in [9.17, 15) is 13.2 Å². The van der Waals surface area contributed by atoms with Crippen molar-refractivity contribution in [3.63, 3.8) is 0 Å². The van der Waals surface area contributed by atoms with E-state index in [1.54, 1.807) is 12.1 Å². The molecule has 0 aliphatic rings. The highest BCUT2D eigenvalue weighted by atomic mass is 19.4. The summed E-state index contributed by atoms with van der Waals surface area (Å²) in [5, 5.41) is 3.18. The van der Waals surface area contributed by atoms with Crippen LogP contribution >= 0.6 is 0 Å². The fraction of sp³-hybridized carbons (Fsp3) is 0.600. The highest BCUT2D eigenvalue weighted by Crippen LogP contribution is 2.31. The van der Waals surface area contributed by atoms with E-state index in [1.165, 1.54) is 12.1 Å². The highest BCUT2D eigenvalue weighted by molar-refractivity contribution is 5.28. The van der Waals surface area contributed by atoms with E-state index < -0.39 is 6.36 Å². The molecule has 1 rings (SSSR count). The molecule has 114 valence electrons. The van der Waals surface area contributed by atoms with Crippen LogP contribution in [0.2, 0.25) is 0 Å². The Bertz CT molecular complexity index is 414. The van der Waals surface area contributed by atoms with E-state index in [4.69, 9.17) is 0 Å². The number of nitrogens with one attached hydrogen (secondary N) is 1. The second-order valence-corrected chi connectivity index (χ2v) is 5.71. The van der Waals surface area contributed by atoms with Gasteiger partial charge >= 0.3 is 6.36 Å². The first-order valence-corrected chi connectivity index (χ1v) is 6.65. The maximum absolute atomic E-state index is 12.1. The van der Waals surface area contributed by atoms with Crippen molar-refractivity contribution in [3.8, 4) is 5.75 Å². The van der Waals surface area contributed by atoms with Crippen LogP contribution in [0.25, 0.3) is 0 Å². The van der Waals surface area contributed by atoms with Gasteiger partial charge < -0.3 is 10.1 Å². The van der Waals surface area contributed by atoms with Gasteiger partial charge in [-0.1, -0.05) is 32.9 Å². The second-order valence-electron chi connectivity index (χ2n) is 5.71. The lowest BCUT2D eigenvalue weighted by atomic mass is 9.74. The zero-order valence-corrected chi connectivity index (χ0v) is 12.3. The third-order valence-corrected chi connectivity index (χ3v) is 3.74. The van der Waals surface area contributed by atoms with Crippen molar-refractivity contribution in [2.24, 2.45) is 11.3 Å². The predicted octanol–water partition coefficient (Wildman–Crippen LogP) is 4.01. The summed E-state index contributed by atoms with van der Waals surface area (Å²) < 4.78 is 40.1. The first kappa shape index (κ1) is 16.8. The smallest absolute Gasteiger partial charge is 0.406 e. The minimum absolute atomic E-state index is 0.0567. The lowest BCUT2D eigenvalue weighted by Gasteiger charge is -2.34. The monoisotopic (exact) mass is 289 g/mol. The third-order valence-electron chi connectivity index (χ3n) is 3.74. The van der Waals surface area contributed by atoms with Crippen LogP contribution in [0.5, 0.6) is 5.75 Å². The van der Waals surface area contributed by atoms with E-state index in [2.05, 4.69) is 30.8 Å². The van der Waals surface area contributed by atoms with Gasteiger partial charge in [-0.3, -0.25) is 0 Å². The fourth-order valence-electron chi connectivity index (χ4n) is 2.15. The summed E-state index contributed by atoms with van der Waals surface area (Å²) in [5.41, 5.74) is 1.06. The van der Waals surface area contributed by atoms with Crippen molar-refractivity contribution in [1.82, 2.24) is 5.32 Å². The van der Waals surface area contributed by atoms with Crippen LogP contribution in [0.3, 0.4) is 0 Å². The van der Waals surface area contributed by atoms with Gasteiger partial charge in [0.2, 0.25) is 0 Å². The Morgan fingerprint density at radius 1 is 1.15 bits per heavy atom. The third kappa shape index (κ3) is 5.04. The number of halogens is 3. The van der Waals surface area contributed by atoms with Gasteiger partial charge in [0.25, 0.3) is 0 Å². The van der Waals surface area contributed by atoms with Crippen molar-refractivity contribution in [1.29, 1.82) is 0 Å². The lowest BCUT2D eigenvalue weighted by molar-refractivity contribution is -0.274. The van der Waals surface area contributed by atoms with E-state index in [0.29, 0.717) is 5.92 Å². The van der Waals surface area contributed by atoms with Crippen LogP contribution in [-0.4, -0.2) is 20.0 Å². The van der Waals surface area contributed by atoms with Gasteiger partial charge in [-0.2, -0.15) is 0 Å². The molecule has 0 radical (unpaired) electrons. The lowest BCUT2D eigenvalue weighted by Crippen LogP contribution is -2.36. The van der Waals surface area contributed by atoms with Crippen LogP contribution in [0.15, 0.2) is 24.3 Å². The maximum atomic E-state index is 12.1. The molecule has 2 nitrogen and oxygen atoms in total. The molecule has 0 saturated carbocycles. The second kappa shape index (κ2) is 6.48. The molecule has 0 aromatic heterocycles. The van der Waals surface area contributed by atoms with Gasteiger partial charge in [0.1, 0.15) is 5.75 Å². The van der Waals surface area contributed by atoms with Crippen LogP contribution in [-0.2, 0) is 6.42 Å². The number of rotatable bonds is 6. The minimum atomic E-state index is -4.64. The first-order valence-electron chi connectivity index (χ1n) is 6.65. The minimum Gasteiger partial charge on any atom is -0.406 e. The molecule has 5 heteroatoms. The Morgan fingerprint density at radius 3 is 2.10 bits per heavy atom. The molecule has 0 aliphatic heterocycles. The normalized spacial score (nSPS) is 15.2. The molecule has 1 unspecified atom stereocenters. The highest BCUT2D eigenvalue weighted by Gasteiger charge is 2.31. The maximum Gasteiger partial charge on any atom is 0.573 e. The number of benzene rings is 1. The SMILES string of the molecule is CNCC(C)(Cc1ccc(OC(F)(F)F)cc1)C(C)C. The number of alkyl halides is 3. The summed E-state index contributed by atoms with van der Waals surface area (Å²) in [5.74, 6) is 0.280. The molecule has 20 heavy (non-hydrogen) atoms. The molecule has 0 heterocycles. The predicted molar refractivity (Wildman–Crippen MR) is 73.7 cm³/mol. The summed E-state index contributed by atoms with van der Waals surface area (Å²) in [6, 6.07) is 6.11. The Morgan fingerprint density at radius 2 is 1.70 bits per heavy atom. The Hall–Kier alpha value is -1.23. The standard InChI is InChI=1S/C15H22F3NO/c1-11(2)14(3,10-19-4)9-12-5-7-13(8-6-12)20-15(16,17)18/h5-8,11,19H,9-10H2,1-4H3. The van der Waals surface area contributed by atoms with Crippen molar-refractivity contribution in [2.75, 3.05) is 13.6 Å². The van der Waals surface area contributed by atoms with E-state index in [1.807, 2.05) is 7.05 Å². The van der Waals surface area contributed by atoms with Gasteiger partial charge in [-0.05, 0) is 42.5 Å². The van der Waals surface area contributed by atoms with Crippen molar-refractivity contribution in [3.05, 3.63) is 29.8 Å². The van der Waals surface area contributed by atoms with Crippen molar-refractivity contribution >= 4 is 0 Å². The van der Waals surface area contributed by atoms with Crippen LogP contribution in [0, 0.1) is 11.3 Å². The fourth-order valence-corrected chi connectivity index (χ4v) is 2.15. The largest absolute Gasteiger partial charge is 0.573 e. The van der Waals surface area contributed by atoms with Crippen molar-refractivity contribution in [2.45, 2.75) is 33.6 Å². The molecule has 0 saturated heterocycles. The van der Waals surface area contributed by atoms with Crippen molar-refractivity contribution < 1.29 is 17.9 Å². The molecule has 0 fully saturated rings. The average molecular weight is 289 g/mol. The molecule has 1 N–H and O–H groups in total. The Kier molecular flexibility index (Phi) is 5.45. The van der Waals surface area contributed by atoms with Gasteiger partial charge in [0, 0.05) is 6.54 Å². The molecule has 0 bridgehead atoms. The molecule has 1 aromatic rings. The van der Waals surface area contributed by atoms with E-state index in [-0.39, 0.29) is 11.2 Å². The zero-order chi connectivity index (χ0) is 15.4. The van der Waals surface area contributed by atoms with Gasteiger partial charge in [-0.15, -0.1) is 13.2 Å². The number of hydrogen-bond acceptors (Lipinski definition) is 2. The molecule has 1 aromatic carbocycles. The van der Waals surface area contributed by atoms with Crippen LogP contribution in [0.1, 0.15) is 26.3 Å². The van der Waals surface area contributed by atoms with Crippen LogP contribution in [0.4, 0.5) is 13.2 Å². The van der Waals surface area contributed by atoms with Crippen LogP contribution < -0.4 is 10.1 Å². The number of hydrogen-bond donors (Lipinski definition) is 1. The van der Waals surface area contributed by atoms with Gasteiger partial charge in [0.05, 0.1) is 0 Å². The molecule has 0 amide bonds. The Balaban J connectivity index is 2.78. The molecule has 0 aliphatic carbocycles. The summed E-state index contributed by atoms with van der Waals surface area (Å²) in [4.78, 5) is 0. The molecule has 1 atom stereocenters.